The van der Waals surface area contributed by atoms with Gasteiger partial charge in [-0.05, 0) is 38.8 Å². The molecule has 1 aromatic carbocycles. The van der Waals surface area contributed by atoms with Crippen LogP contribution < -0.4 is 5.73 Å². The predicted octanol–water partition coefficient (Wildman–Crippen LogP) is 3.11. The molecule has 0 radical (unpaired) electrons. The Morgan fingerprint density at radius 1 is 1.38 bits per heavy atom. The molecule has 0 aromatic heterocycles. The van der Waals surface area contributed by atoms with E-state index in [9.17, 15) is 13.6 Å². The number of carbonyl (C=O) groups is 1. The number of rotatable bonds is 0. The molecule has 1 unspecified atom stereocenters. The van der Waals surface area contributed by atoms with Crippen molar-refractivity contribution < 1.29 is 18.3 Å². The maximum Gasteiger partial charge on any atom is 0.410 e. The first-order valence-electron chi connectivity index (χ1n) is 6.88. The third-order valence-corrected chi connectivity index (χ3v) is 3.30. The fraction of sp³-hybridized carbons (Fsp3) is 0.533. The van der Waals surface area contributed by atoms with Crippen molar-refractivity contribution in [3.05, 3.63) is 34.9 Å². The van der Waals surface area contributed by atoms with Gasteiger partial charge in [-0.3, -0.25) is 0 Å². The molecule has 4 nitrogen and oxygen atoms in total. The number of halogens is 2. The molecular weight excluding hydrogens is 278 g/mol. The van der Waals surface area contributed by atoms with E-state index >= 15 is 0 Å². The lowest BCUT2D eigenvalue weighted by Gasteiger charge is -2.26. The number of fused-ring (bicyclic) bond motifs is 1. The summed E-state index contributed by atoms with van der Waals surface area (Å²) in [6.45, 7) is 5.66. The van der Waals surface area contributed by atoms with Crippen molar-refractivity contribution in [2.24, 2.45) is 5.73 Å². The second kappa shape index (κ2) is 5.60. The van der Waals surface area contributed by atoms with Crippen LogP contribution in [0.25, 0.3) is 0 Å². The summed E-state index contributed by atoms with van der Waals surface area (Å²) in [7, 11) is 0. The van der Waals surface area contributed by atoms with Crippen LogP contribution in [0.2, 0.25) is 0 Å². The first-order chi connectivity index (χ1) is 9.67. The van der Waals surface area contributed by atoms with Gasteiger partial charge in [0, 0.05) is 24.2 Å². The summed E-state index contributed by atoms with van der Waals surface area (Å²) in [5.74, 6) is -1.34. The van der Waals surface area contributed by atoms with E-state index in [1.165, 1.54) is 11.0 Å². The van der Waals surface area contributed by atoms with Crippen LogP contribution in [0.5, 0.6) is 0 Å². The van der Waals surface area contributed by atoms with Gasteiger partial charge in [-0.1, -0.05) is 0 Å². The summed E-state index contributed by atoms with van der Waals surface area (Å²) in [5.41, 5.74) is 6.00. The molecule has 1 aliphatic heterocycles. The number of hydrogen-bond donors (Lipinski definition) is 1. The van der Waals surface area contributed by atoms with E-state index in [-0.39, 0.29) is 12.1 Å². The van der Waals surface area contributed by atoms with Gasteiger partial charge in [0.15, 0.2) is 0 Å². The molecule has 1 aliphatic rings. The lowest BCUT2D eigenvalue weighted by atomic mass is 9.99. The zero-order valence-electron chi connectivity index (χ0n) is 12.5. The molecule has 0 spiro atoms. The van der Waals surface area contributed by atoms with Gasteiger partial charge in [-0.25, -0.2) is 13.6 Å². The lowest BCUT2D eigenvalue weighted by Crippen LogP contribution is -2.36. The molecule has 6 heteroatoms. The average Bonchev–Trinajstić information content (AvgIpc) is 2.48. The molecule has 1 heterocycles. The van der Waals surface area contributed by atoms with Gasteiger partial charge in [-0.2, -0.15) is 0 Å². The largest absolute Gasteiger partial charge is 0.444 e. The zero-order chi connectivity index (χ0) is 15.8. The van der Waals surface area contributed by atoms with E-state index in [1.807, 2.05) is 0 Å². The van der Waals surface area contributed by atoms with E-state index < -0.39 is 29.4 Å². The van der Waals surface area contributed by atoms with Crippen LogP contribution in [-0.4, -0.2) is 23.1 Å². The topological polar surface area (TPSA) is 55.6 Å². The monoisotopic (exact) mass is 298 g/mol. The van der Waals surface area contributed by atoms with E-state index in [1.54, 1.807) is 20.8 Å². The summed E-state index contributed by atoms with van der Waals surface area (Å²) in [5, 5.41) is 0. The van der Waals surface area contributed by atoms with E-state index in [0.717, 1.165) is 6.07 Å². The maximum absolute atomic E-state index is 14.0. The number of nitrogens with two attached hydrogens (primary N) is 1. The van der Waals surface area contributed by atoms with Crippen LogP contribution in [-0.2, 0) is 11.3 Å². The van der Waals surface area contributed by atoms with Crippen molar-refractivity contribution in [1.82, 2.24) is 4.90 Å². The Kier molecular flexibility index (Phi) is 4.18. The van der Waals surface area contributed by atoms with E-state index in [0.29, 0.717) is 18.5 Å². The molecule has 0 bridgehead atoms. The molecule has 0 fully saturated rings. The molecule has 116 valence electrons. The Bertz CT molecular complexity index is 555. The molecule has 0 saturated carbocycles. The smallest absolute Gasteiger partial charge is 0.410 e. The molecule has 1 aromatic rings. The highest BCUT2D eigenvalue weighted by atomic mass is 19.1. The normalized spacial score (nSPS) is 19.0. The number of ether oxygens (including phenoxy) is 1. The van der Waals surface area contributed by atoms with Crippen molar-refractivity contribution in [2.45, 2.75) is 45.4 Å². The summed E-state index contributed by atoms with van der Waals surface area (Å²) < 4.78 is 32.6. The lowest BCUT2D eigenvalue weighted by molar-refractivity contribution is 0.0233. The summed E-state index contributed by atoms with van der Waals surface area (Å²) in [4.78, 5) is 13.5. The van der Waals surface area contributed by atoms with Gasteiger partial charge >= 0.3 is 6.09 Å². The van der Waals surface area contributed by atoms with Gasteiger partial charge in [0.05, 0.1) is 6.54 Å². The van der Waals surface area contributed by atoms with E-state index in [2.05, 4.69) is 0 Å². The molecule has 0 aliphatic carbocycles. The van der Waals surface area contributed by atoms with Crippen LogP contribution in [0.15, 0.2) is 12.1 Å². The number of carbonyl (C=O) groups excluding carboxylic acids is 1. The molecule has 1 atom stereocenters. The third-order valence-electron chi connectivity index (χ3n) is 3.30. The molecule has 0 saturated heterocycles. The van der Waals surface area contributed by atoms with Crippen molar-refractivity contribution in [2.75, 3.05) is 6.54 Å². The summed E-state index contributed by atoms with van der Waals surface area (Å²) in [6.07, 6.45) is -0.0962. The quantitative estimate of drug-likeness (QED) is 0.800. The second-order valence-corrected chi connectivity index (χ2v) is 6.25. The van der Waals surface area contributed by atoms with Gasteiger partial charge in [0.1, 0.15) is 17.2 Å². The molecular formula is C15H20F2N2O2. The van der Waals surface area contributed by atoms with Crippen molar-refractivity contribution in [1.29, 1.82) is 0 Å². The number of hydrogen-bond acceptors (Lipinski definition) is 3. The Labute approximate surface area is 122 Å². The number of nitrogens with zero attached hydrogens (tertiary/aromatic N) is 1. The fourth-order valence-corrected chi connectivity index (χ4v) is 2.32. The van der Waals surface area contributed by atoms with Crippen LogP contribution in [0.3, 0.4) is 0 Å². The first-order valence-corrected chi connectivity index (χ1v) is 6.88. The van der Waals surface area contributed by atoms with Crippen LogP contribution in [0, 0.1) is 11.6 Å². The van der Waals surface area contributed by atoms with Gasteiger partial charge in [-0.15, -0.1) is 0 Å². The van der Waals surface area contributed by atoms with Crippen molar-refractivity contribution in [3.63, 3.8) is 0 Å². The molecule has 21 heavy (non-hydrogen) atoms. The minimum atomic E-state index is -0.684. The number of benzene rings is 1. The maximum atomic E-state index is 14.0. The van der Waals surface area contributed by atoms with Crippen molar-refractivity contribution in [3.8, 4) is 0 Å². The SMILES string of the molecule is CC(C)(C)OC(=O)N1CCC(N)c2cc(F)cc(F)c2C1. The minimum Gasteiger partial charge on any atom is -0.444 e. The van der Waals surface area contributed by atoms with Crippen LogP contribution in [0.1, 0.15) is 44.4 Å². The Morgan fingerprint density at radius 2 is 2.05 bits per heavy atom. The van der Waals surface area contributed by atoms with Gasteiger partial charge in [0.2, 0.25) is 0 Å². The number of amides is 1. The molecule has 2 rings (SSSR count). The summed E-state index contributed by atoms with van der Waals surface area (Å²) in [6, 6.07) is 1.55. The highest BCUT2D eigenvalue weighted by Crippen LogP contribution is 2.28. The third kappa shape index (κ3) is 3.69. The Balaban J connectivity index is 2.29. The van der Waals surface area contributed by atoms with Crippen LogP contribution in [0.4, 0.5) is 13.6 Å². The van der Waals surface area contributed by atoms with Gasteiger partial charge < -0.3 is 15.4 Å². The first kappa shape index (κ1) is 15.7. The van der Waals surface area contributed by atoms with Crippen molar-refractivity contribution >= 4 is 6.09 Å². The Morgan fingerprint density at radius 3 is 2.67 bits per heavy atom. The van der Waals surface area contributed by atoms with E-state index in [4.69, 9.17) is 10.5 Å². The average molecular weight is 298 g/mol. The predicted molar refractivity (Wildman–Crippen MR) is 74.5 cm³/mol. The minimum absolute atomic E-state index is 0.0318. The zero-order valence-corrected chi connectivity index (χ0v) is 12.5. The second-order valence-electron chi connectivity index (χ2n) is 6.25. The standard InChI is InChI=1S/C15H20F2N2O2/c1-15(2,3)21-14(20)19-5-4-13(18)10-6-9(16)7-12(17)11(10)8-19/h6-7,13H,4-5,8,18H2,1-3H3. The highest BCUT2D eigenvalue weighted by Gasteiger charge is 2.28. The fourth-order valence-electron chi connectivity index (χ4n) is 2.32. The molecule has 1 amide bonds. The highest BCUT2D eigenvalue weighted by molar-refractivity contribution is 5.68. The van der Waals surface area contributed by atoms with Crippen LogP contribution >= 0.6 is 0 Å². The summed E-state index contributed by atoms with van der Waals surface area (Å²) >= 11 is 0. The Hall–Kier alpha value is -1.69. The molecule has 2 N–H and O–H groups in total. The van der Waals surface area contributed by atoms with Gasteiger partial charge in [0.25, 0.3) is 0 Å².